The van der Waals surface area contributed by atoms with Crippen LogP contribution < -0.4 is 0 Å². The lowest BCUT2D eigenvalue weighted by Gasteiger charge is -2.34. The molecule has 1 saturated heterocycles. The molecule has 2 aromatic rings. The Kier molecular flexibility index (Phi) is 6.93. The number of sulfone groups is 1. The van der Waals surface area contributed by atoms with Crippen molar-refractivity contribution in [1.82, 2.24) is 9.21 Å². The molecule has 2 fully saturated rings. The van der Waals surface area contributed by atoms with E-state index in [0.717, 1.165) is 19.1 Å². The maximum absolute atomic E-state index is 13.2. The van der Waals surface area contributed by atoms with E-state index in [1.165, 1.54) is 46.2 Å². The number of piperazine rings is 1. The van der Waals surface area contributed by atoms with Crippen molar-refractivity contribution in [3.05, 3.63) is 59.7 Å². The Labute approximate surface area is 196 Å². The van der Waals surface area contributed by atoms with Crippen LogP contribution in [0.3, 0.4) is 0 Å². The lowest BCUT2D eigenvalue weighted by Crippen LogP contribution is -2.50. The molecule has 2 aliphatic rings. The van der Waals surface area contributed by atoms with E-state index >= 15 is 0 Å². The van der Waals surface area contributed by atoms with Gasteiger partial charge >= 0.3 is 0 Å². The van der Waals surface area contributed by atoms with E-state index in [1.807, 2.05) is 12.1 Å². The maximum atomic E-state index is 13.2. The van der Waals surface area contributed by atoms with Gasteiger partial charge in [0.15, 0.2) is 9.84 Å². The van der Waals surface area contributed by atoms with Crippen molar-refractivity contribution in [2.75, 3.05) is 32.4 Å². The second kappa shape index (κ2) is 9.56. The van der Waals surface area contributed by atoms with Gasteiger partial charge in [-0.05, 0) is 48.6 Å². The summed E-state index contributed by atoms with van der Waals surface area (Å²) < 4.78 is 51.8. The summed E-state index contributed by atoms with van der Waals surface area (Å²) >= 11 is 0. The van der Waals surface area contributed by atoms with Gasteiger partial charge < -0.3 is 4.90 Å². The number of sulfonamides is 1. The van der Waals surface area contributed by atoms with Crippen LogP contribution >= 0.6 is 0 Å². The Balaban J connectivity index is 1.44. The Morgan fingerprint density at radius 1 is 0.818 bits per heavy atom. The zero-order valence-corrected chi connectivity index (χ0v) is 20.4. The minimum absolute atomic E-state index is 0.0110. The quantitative estimate of drug-likeness (QED) is 0.641. The summed E-state index contributed by atoms with van der Waals surface area (Å²) in [5, 5.41) is 0. The predicted octanol–water partition coefficient (Wildman–Crippen LogP) is 3.28. The summed E-state index contributed by atoms with van der Waals surface area (Å²) in [6.07, 6.45) is 7.11. The Morgan fingerprint density at radius 3 is 2.03 bits per heavy atom. The van der Waals surface area contributed by atoms with E-state index in [-0.39, 0.29) is 41.5 Å². The highest BCUT2D eigenvalue weighted by molar-refractivity contribution is 7.90. The monoisotopic (exact) mass is 490 g/mol. The first-order valence-electron chi connectivity index (χ1n) is 11.4. The Hall–Kier alpha value is -2.23. The number of benzene rings is 2. The van der Waals surface area contributed by atoms with Crippen LogP contribution in [-0.4, -0.2) is 64.4 Å². The number of hydrogen-bond donors (Lipinski definition) is 0. The number of amides is 1. The molecule has 0 spiro atoms. The molecule has 1 aliphatic carbocycles. The molecular formula is C24H30N2O5S2. The summed E-state index contributed by atoms with van der Waals surface area (Å²) in [5.74, 6) is 0.116. The molecule has 4 rings (SSSR count). The zero-order valence-electron chi connectivity index (χ0n) is 18.8. The van der Waals surface area contributed by atoms with Crippen molar-refractivity contribution in [3.63, 3.8) is 0 Å². The van der Waals surface area contributed by atoms with Crippen LogP contribution in [0, 0.1) is 0 Å². The van der Waals surface area contributed by atoms with Crippen LogP contribution in [-0.2, 0) is 19.9 Å². The van der Waals surface area contributed by atoms with E-state index in [2.05, 4.69) is 0 Å². The van der Waals surface area contributed by atoms with Gasteiger partial charge in [-0.15, -0.1) is 0 Å². The molecule has 178 valence electrons. The lowest BCUT2D eigenvalue weighted by molar-refractivity contribution is 0.0694. The van der Waals surface area contributed by atoms with Gasteiger partial charge in [-0.3, -0.25) is 4.79 Å². The highest BCUT2D eigenvalue weighted by Gasteiger charge is 2.32. The third kappa shape index (κ3) is 5.15. The Bertz CT molecular complexity index is 1210. The summed E-state index contributed by atoms with van der Waals surface area (Å²) in [6, 6.07) is 13.4. The van der Waals surface area contributed by atoms with Gasteiger partial charge in [-0.25, -0.2) is 16.8 Å². The van der Waals surface area contributed by atoms with Crippen LogP contribution in [0.5, 0.6) is 0 Å². The summed E-state index contributed by atoms with van der Waals surface area (Å²) in [6.45, 7) is 0.742. The third-order valence-corrected chi connectivity index (χ3v) is 9.71. The molecule has 0 N–H and O–H groups in total. The molecule has 1 amide bonds. The highest BCUT2D eigenvalue weighted by atomic mass is 32.2. The van der Waals surface area contributed by atoms with Crippen molar-refractivity contribution in [2.24, 2.45) is 0 Å². The van der Waals surface area contributed by atoms with E-state index in [1.54, 1.807) is 24.3 Å². The van der Waals surface area contributed by atoms with Crippen molar-refractivity contribution < 1.29 is 21.6 Å². The van der Waals surface area contributed by atoms with E-state index in [0.29, 0.717) is 5.92 Å². The highest BCUT2D eigenvalue weighted by Crippen LogP contribution is 2.33. The number of hydrogen-bond acceptors (Lipinski definition) is 5. The summed E-state index contributed by atoms with van der Waals surface area (Å²) in [4.78, 5) is 14.7. The topological polar surface area (TPSA) is 91.8 Å². The average Bonchev–Trinajstić information content (AvgIpc) is 2.84. The molecule has 7 nitrogen and oxygen atoms in total. The first kappa shape index (κ1) is 23.9. The lowest BCUT2D eigenvalue weighted by atomic mass is 9.84. The minimum atomic E-state index is -3.66. The first-order chi connectivity index (χ1) is 15.7. The van der Waals surface area contributed by atoms with Crippen molar-refractivity contribution in [3.8, 4) is 0 Å². The molecule has 0 bridgehead atoms. The molecule has 9 heteroatoms. The average molecular weight is 491 g/mol. The Morgan fingerprint density at radius 2 is 1.42 bits per heavy atom. The van der Waals surface area contributed by atoms with Crippen molar-refractivity contribution in [2.45, 2.75) is 47.8 Å². The summed E-state index contributed by atoms with van der Waals surface area (Å²) in [5.41, 5.74) is 1.32. The third-order valence-electron chi connectivity index (χ3n) is 6.64. The molecule has 1 saturated carbocycles. The van der Waals surface area contributed by atoms with E-state index in [9.17, 15) is 21.6 Å². The fourth-order valence-corrected chi connectivity index (χ4v) is 7.07. The van der Waals surface area contributed by atoms with Gasteiger partial charge in [0.1, 0.15) is 0 Å². The maximum Gasteiger partial charge on any atom is 0.255 e. The van der Waals surface area contributed by atoms with Crippen LogP contribution in [0.4, 0.5) is 0 Å². The molecule has 1 heterocycles. The van der Waals surface area contributed by atoms with Gasteiger partial charge in [0, 0.05) is 32.4 Å². The van der Waals surface area contributed by atoms with E-state index < -0.39 is 25.8 Å². The molecule has 0 aromatic heterocycles. The van der Waals surface area contributed by atoms with E-state index in [4.69, 9.17) is 0 Å². The smallest absolute Gasteiger partial charge is 0.255 e. The minimum Gasteiger partial charge on any atom is -0.336 e. The molecule has 0 unspecified atom stereocenters. The largest absolute Gasteiger partial charge is 0.336 e. The molecule has 0 radical (unpaired) electrons. The van der Waals surface area contributed by atoms with Crippen LogP contribution in [0.25, 0.3) is 0 Å². The molecular weight excluding hydrogens is 460 g/mol. The fraction of sp³-hybridized carbons (Fsp3) is 0.458. The van der Waals surface area contributed by atoms with Crippen LogP contribution in [0.15, 0.2) is 58.3 Å². The van der Waals surface area contributed by atoms with Gasteiger partial charge in [-0.2, -0.15) is 4.31 Å². The van der Waals surface area contributed by atoms with Crippen molar-refractivity contribution in [1.29, 1.82) is 0 Å². The number of carbonyl (C=O) groups is 1. The van der Waals surface area contributed by atoms with Gasteiger partial charge in [0.05, 0.1) is 15.4 Å². The second-order valence-electron chi connectivity index (χ2n) is 8.87. The van der Waals surface area contributed by atoms with Gasteiger partial charge in [0.2, 0.25) is 10.0 Å². The molecule has 2 aromatic carbocycles. The standard InChI is InChI=1S/C24H30N2O5S2/c1-32(28,29)23-10-6-5-9-22(23)24(27)25-15-17-26(18-16-25)33(30,31)21-13-11-20(12-14-21)19-7-3-2-4-8-19/h5-6,9-14,19H,2-4,7-8,15-18H2,1H3. The van der Waals surface area contributed by atoms with Gasteiger partial charge in [0.25, 0.3) is 5.91 Å². The number of nitrogens with zero attached hydrogens (tertiary/aromatic N) is 2. The number of carbonyl (C=O) groups excluding carboxylic acids is 1. The second-order valence-corrected chi connectivity index (χ2v) is 12.8. The van der Waals surface area contributed by atoms with Crippen molar-refractivity contribution >= 4 is 25.8 Å². The normalized spacial score (nSPS) is 18.9. The SMILES string of the molecule is CS(=O)(=O)c1ccccc1C(=O)N1CCN(S(=O)(=O)c2ccc(C3CCCCC3)cc2)CC1. The fourth-order valence-electron chi connectivity index (χ4n) is 4.77. The molecule has 1 aliphatic heterocycles. The van der Waals surface area contributed by atoms with Crippen LogP contribution in [0.2, 0.25) is 0 Å². The summed E-state index contributed by atoms with van der Waals surface area (Å²) in [7, 11) is -7.21. The predicted molar refractivity (Wildman–Crippen MR) is 126 cm³/mol. The molecule has 0 atom stereocenters. The molecule has 33 heavy (non-hydrogen) atoms. The zero-order chi connectivity index (χ0) is 23.6. The van der Waals surface area contributed by atoms with Crippen LogP contribution in [0.1, 0.15) is 53.9 Å². The first-order valence-corrected chi connectivity index (χ1v) is 14.7. The van der Waals surface area contributed by atoms with Gasteiger partial charge in [-0.1, -0.05) is 43.5 Å². The number of rotatable bonds is 5.